The van der Waals surface area contributed by atoms with Crippen LogP contribution in [0.3, 0.4) is 0 Å². The summed E-state index contributed by atoms with van der Waals surface area (Å²) >= 11 is 1.35. The molecule has 0 radical (unpaired) electrons. The number of aromatic nitrogens is 2. The van der Waals surface area contributed by atoms with Gasteiger partial charge < -0.3 is 4.98 Å². The minimum absolute atomic E-state index is 0.222. The van der Waals surface area contributed by atoms with Gasteiger partial charge in [0.2, 0.25) is 5.56 Å². The smallest absolute Gasteiger partial charge is 0.261 e. The van der Waals surface area contributed by atoms with E-state index in [1.54, 1.807) is 12.1 Å². The molecule has 2 aromatic carbocycles. The van der Waals surface area contributed by atoms with E-state index in [9.17, 15) is 14.0 Å². The SMILES string of the molecule is O=C(c1ccc(=O)[nH]c1)N(Cc1ccc(F)cc1)c1nc(-c2ccccc2)cs1. The predicted molar refractivity (Wildman–Crippen MR) is 112 cm³/mol. The lowest BCUT2D eigenvalue weighted by atomic mass is 10.2. The fourth-order valence-corrected chi connectivity index (χ4v) is 3.66. The van der Waals surface area contributed by atoms with Crippen LogP contribution in [-0.4, -0.2) is 15.9 Å². The van der Waals surface area contributed by atoms with Gasteiger partial charge in [-0.25, -0.2) is 9.37 Å². The van der Waals surface area contributed by atoms with Crippen LogP contribution in [0.15, 0.2) is 83.1 Å². The molecule has 0 aliphatic rings. The fourth-order valence-electron chi connectivity index (χ4n) is 2.83. The van der Waals surface area contributed by atoms with E-state index in [-0.39, 0.29) is 23.8 Å². The number of nitrogens with one attached hydrogen (secondary N) is 1. The summed E-state index contributed by atoms with van der Waals surface area (Å²) in [5.41, 5.74) is 2.54. The van der Waals surface area contributed by atoms with Gasteiger partial charge in [-0.15, -0.1) is 11.3 Å². The van der Waals surface area contributed by atoms with Gasteiger partial charge in [0.15, 0.2) is 5.13 Å². The molecule has 0 unspecified atom stereocenters. The van der Waals surface area contributed by atoms with Gasteiger partial charge in [0.25, 0.3) is 5.91 Å². The third-order valence-corrected chi connectivity index (χ3v) is 5.19. The number of halogens is 1. The molecule has 2 aromatic heterocycles. The Kier molecular flexibility index (Phi) is 5.31. The van der Waals surface area contributed by atoms with E-state index < -0.39 is 0 Å². The molecule has 2 heterocycles. The Bertz CT molecular complexity index is 1170. The maximum Gasteiger partial charge on any atom is 0.261 e. The summed E-state index contributed by atoms with van der Waals surface area (Å²) in [5, 5.41) is 2.41. The fraction of sp³-hybridized carbons (Fsp3) is 0.0455. The van der Waals surface area contributed by atoms with Crippen molar-refractivity contribution in [3.05, 3.63) is 106 Å². The number of thiazole rings is 1. The number of hydrogen-bond acceptors (Lipinski definition) is 4. The van der Waals surface area contributed by atoms with Gasteiger partial charge in [-0.2, -0.15) is 0 Å². The van der Waals surface area contributed by atoms with Crippen LogP contribution in [0, 0.1) is 5.82 Å². The zero-order valence-electron chi connectivity index (χ0n) is 15.2. The molecule has 5 nitrogen and oxygen atoms in total. The standard InChI is InChI=1S/C22H16FN3O2S/c23-18-9-6-15(7-10-18)13-26(21(28)17-8-11-20(27)24-12-17)22-25-19(14-29-22)16-4-2-1-3-5-16/h1-12,14H,13H2,(H,24,27). The topological polar surface area (TPSA) is 66.1 Å². The van der Waals surface area contributed by atoms with Crippen molar-refractivity contribution in [1.82, 2.24) is 9.97 Å². The van der Waals surface area contributed by atoms with Gasteiger partial charge in [-0.05, 0) is 23.8 Å². The molecule has 0 aliphatic carbocycles. The molecule has 144 valence electrons. The highest BCUT2D eigenvalue weighted by Crippen LogP contribution is 2.29. The van der Waals surface area contributed by atoms with E-state index in [2.05, 4.69) is 9.97 Å². The Morgan fingerprint density at radius 2 is 1.79 bits per heavy atom. The molecule has 0 bridgehead atoms. The van der Waals surface area contributed by atoms with E-state index in [0.717, 1.165) is 16.8 Å². The highest BCUT2D eigenvalue weighted by Gasteiger charge is 2.22. The van der Waals surface area contributed by atoms with Crippen LogP contribution in [0.2, 0.25) is 0 Å². The number of aromatic amines is 1. The molecular formula is C22H16FN3O2S. The van der Waals surface area contributed by atoms with Crippen molar-refractivity contribution in [3.63, 3.8) is 0 Å². The summed E-state index contributed by atoms with van der Waals surface area (Å²) in [6.07, 6.45) is 1.38. The van der Waals surface area contributed by atoms with E-state index in [1.807, 2.05) is 35.7 Å². The van der Waals surface area contributed by atoms with Crippen molar-refractivity contribution in [3.8, 4) is 11.3 Å². The molecular weight excluding hydrogens is 389 g/mol. The van der Waals surface area contributed by atoms with Crippen molar-refractivity contribution in [1.29, 1.82) is 0 Å². The van der Waals surface area contributed by atoms with Crippen molar-refractivity contribution >= 4 is 22.4 Å². The number of anilines is 1. The predicted octanol–water partition coefficient (Wildman–Crippen LogP) is 4.48. The number of carbonyl (C=O) groups excluding carboxylic acids is 1. The Labute approximate surface area is 170 Å². The molecule has 29 heavy (non-hydrogen) atoms. The quantitative estimate of drug-likeness (QED) is 0.532. The van der Waals surface area contributed by atoms with Crippen LogP contribution in [-0.2, 0) is 6.54 Å². The average Bonchev–Trinajstić information content (AvgIpc) is 3.24. The molecule has 0 saturated heterocycles. The second-order valence-electron chi connectivity index (χ2n) is 6.34. The van der Waals surface area contributed by atoms with Gasteiger partial charge in [0.1, 0.15) is 5.82 Å². The number of amides is 1. The molecule has 0 fully saturated rings. The third-order valence-electron chi connectivity index (χ3n) is 4.32. The normalized spacial score (nSPS) is 10.7. The van der Waals surface area contributed by atoms with Gasteiger partial charge in [-0.3, -0.25) is 14.5 Å². The maximum absolute atomic E-state index is 13.3. The zero-order chi connectivity index (χ0) is 20.2. The molecule has 0 saturated carbocycles. The molecule has 1 amide bonds. The van der Waals surface area contributed by atoms with E-state index in [1.165, 1.54) is 46.7 Å². The van der Waals surface area contributed by atoms with Gasteiger partial charge in [0.05, 0.1) is 17.8 Å². The number of benzene rings is 2. The summed E-state index contributed by atoms with van der Waals surface area (Å²) in [4.78, 5) is 33.2. The second kappa shape index (κ2) is 8.20. The molecule has 4 aromatic rings. The number of hydrogen-bond donors (Lipinski definition) is 1. The second-order valence-corrected chi connectivity index (χ2v) is 7.18. The van der Waals surface area contributed by atoms with Crippen molar-refractivity contribution in [2.75, 3.05) is 4.90 Å². The van der Waals surface area contributed by atoms with Crippen LogP contribution in [0.5, 0.6) is 0 Å². The van der Waals surface area contributed by atoms with E-state index in [4.69, 9.17) is 0 Å². The van der Waals surface area contributed by atoms with Gasteiger partial charge in [-0.1, -0.05) is 42.5 Å². The minimum Gasteiger partial charge on any atom is -0.328 e. The molecule has 7 heteroatoms. The maximum atomic E-state index is 13.3. The molecule has 0 spiro atoms. The van der Waals surface area contributed by atoms with Crippen LogP contribution in [0.1, 0.15) is 15.9 Å². The van der Waals surface area contributed by atoms with Crippen LogP contribution in [0.4, 0.5) is 9.52 Å². The van der Waals surface area contributed by atoms with Crippen LogP contribution < -0.4 is 10.5 Å². The number of rotatable bonds is 5. The first-order chi connectivity index (χ1) is 14.1. The number of carbonyl (C=O) groups is 1. The summed E-state index contributed by atoms with van der Waals surface area (Å²) in [6, 6.07) is 18.4. The van der Waals surface area contributed by atoms with Crippen molar-refractivity contribution in [2.45, 2.75) is 6.54 Å². The van der Waals surface area contributed by atoms with E-state index >= 15 is 0 Å². The summed E-state index contributed by atoms with van der Waals surface area (Å²) in [7, 11) is 0. The highest BCUT2D eigenvalue weighted by molar-refractivity contribution is 7.14. The Balaban J connectivity index is 1.70. The largest absolute Gasteiger partial charge is 0.328 e. The summed E-state index contributed by atoms with van der Waals surface area (Å²) in [6.45, 7) is 0.222. The first-order valence-corrected chi connectivity index (χ1v) is 9.74. The lowest BCUT2D eigenvalue weighted by Gasteiger charge is -2.20. The average molecular weight is 405 g/mol. The molecule has 1 N–H and O–H groups in total. The Morgan fingerprint density at radius 3 is 2.48 bits per heavy atom. The number of pyridine rings is 1. The Hall–Kier alpha value is -3.58. The first-order valence-electron chi connectivity index (χ1n) is 8.86. The monoisotopic (exact) mass is 405 g/mol. The van der Waals surface area contributed by atoms with Crippen molar-refractivity contribution in [2.24, 2.45) is 0 Å². The van der Waals surface area contributed by atoms with Crippen LogP contribution in [0.25, 0.3) is 11.3 Å². The number of nitrogens with zero attached hydrogens (tertiary/aromatic N) is 2. The molecule has 4 rings (SSSR count). The van der Waals surface area contributed by atoms with Crippen LogP contribution >= 0.6 is 11.3 Å². The molecule has 0 aliphatic heterocycles. The minimum atomic E-state index is -0.340. The van der Waals surface area contributed by atoms with Crippen molar-refractivity contribution < 1.29 is 9.18 Å². The first kappa shape index (κ1) is 18.8. The van der Waals surface area contributed by atoms with E-state index in [0.29, 0.717) is 10.7 Å². The third kappa shape index (κ3) is 4.30. The lowest BCUT2D eigenvalue weighted by Crippen LogP contribution is -2.30. The van der Waals surface area contributed by atoms with Gasteiger partial charge >= 0.3 is 0 Å². The summed E-state index contributed by atoms with van der Waals surface area (Å²) in [5.74, 6) is -0.646. The number of H-pyrrole nitrogens is 1. The Morgan fingerprint density at radius 1 is 1.03 bits per heavy atom. The molecule has 0 atom stereocenters. The lowest BCUT2D eigenvalue weighted by molar-refractivity contribution is 0.0984. The highest BCUT2D eigenvalue weighted by atomic mass is 32.1. The zero-order valence-corrected chi connectivity index (χ0v) is 16.0. The summed E-state index contributed by atoms with van der Waals surface area (Å²) < 4.78 is 13.3. The van der Waals surface area contributed by atoms with Gasteiger partial charge in [0, 0.05) is 23.2 Å².